The second kappa shape index (κ2) is 5.72. The molecule has 0 aromatic heterocycles. The van der Waals surface area contributed by atoms with Gasteiger partial charge in [-0.1, -0.05) is 43.2 Å². The monoisotopic (exact) mass is 222 g/mol. The highest BCUT2D eigenvalue weighted by atomic mass is 35.5. The van der Waals surface area contributed by atoms with Gasteiger partial charge in [-0.05, 0) is 31.1 Å². The fourth-order valence-corrected chi connectivity index (χ4v) is 1.61. The molecule has 0 radical (unpaired) electrons. The van der Waals surface area contributed by atoms with Gasteiger partial charge < -0.3 is 0 Å². The number of allylic oxidation sites excluding steroid dienone is 2. The van der Waals surface area contributed by atoms with E-state index in [1.807, 2.05) is 12.1 Å². The van der Waals surface area contributed by atoms with Gasteiger partial charge in [0.15, 0.2) is 5.78 Å². The van der Waals surface area contributed by atoms with Crippen LogP contribution in [0, 0.1) is 0 Å². The summed E-state index contributed by atoms with van der Waals surface area (Å²) in [5, 5.41) is 0.519. The highest BCUT2D eigenvalue weighted by Gasteiger charge is 2.07. The third-order valence-electron chi connectivity index (χ3n) is 2.38. The van der Waals surface area contributed by atoms with Gasteiger partial charge in [-0.15, -0.1) is 0 Å². The van der Waals surface area contributed by atoms with Crippen molar-refractivity contribution in [2.24, 2.45) is 0 Å². The molecule has 1 aromatic rings. The molecule has 0 aliphatic rings. The number of rotatable bonds is 4. The average Bonchev–Trinajstić information content (AvgIpc) is 2.26. The number of benzene rings is 1. The first-order valence-electron chi connectivity index (χ1n) is 5.17. The van der Waals surface area contributed by atoms with Gasteiger partial charge in [-0.3, -0.25) is 4.79 Å². The zero-order valence-corrected chi connectivity index (χ0v) is 9.84. The molecule has 0 aliphatic carbocycles. The third-order valence-corrected chi connectivity index (χ3v) is 2.71. The van der Waals surface area contributed by atoms with Crippen molar-refractivity contribution in [1.29, 1.82) is 0 Å². The summed E-state index contributed by atoms with van der Waals surface area (Å²) in [5.74, 6) is -0.000648. The summed E-state index contributed by atoms with van der Waals surface area (Å²) in [4.78, 5) is 11.8. The third kappa shape index (κ3) is 3.21. The Morgan fingerprint density at radius 3 is 2.40 bits per heavy atom. The molecule has 2 heteroatoms. The summed E-state index contributed by atoms with van der Waals surface area (Å²) in [6.45, 7) is 4.10. The zero-order chi connectivity index (χ0) is 11.3. The summed E-state index contributed by atoms with van der Waals surface area (Å²) in [7, 11) is 0. The van der Waals surface area contributed by atoms with E-state index in [4.69, 9.17) is 11.6 Å². The van der Waals surface area contributed by atoms with E-state index in [9.17, 15) is 4.79 Å². The van der Waals surface area contributed by atoms with E-state index in [2.05, 4.69) is 13.8 Å². The van der Waals surface area contributed by atoms with Crippen molar-refractivity contribution in [3.63, 3.8) is 0 Å². The SMILES string of the molecule is CCC(=CC(=O)c1ccccc1Cl)CC. The molecular weight excluding hydrogens is 208 g/mol. The van der Waals surface area contributed by atoms with Crippen LogP contribution in [-0.4, -0.2) is 5.78 Å². The smallest absolute Gasteiger partial charge is 0.187 e. The van der Waals surface area contributed by atoms with Gasteiger partial charge in [0.25, 0.3) is 0 Å². The maximum Gasteiger partial charge on any atom is 0.187 e. The van der Waals surface area contributed by atoms with Crippen LogP contribution in [0.5, 0.6) is 0 Å². The molecule has 0 fully saturated rings. The maximum absolute atomic E-state index is 11.8. The zero-order valence-electron chi connectivity index (χ0n) is 9.09. The molecule has 0 bridgehead atoms. The summed E-state index contributed by atoms with van der Waals surface area (Å²) < 4.78 is 0. The molecule has 0 aliphatic heterocycles. The molecule has 1 aromatic carbocycles. The van der Waals surface area contributed by atoms with Crippen LogP contribution in [-0.2, 0) is 0 Å². The van der Waals surface area contributed by atoms with E-state index < -0.39 is 0 Å². The van der Waals surface area contributed by atoms with Gasteiger partial charge in [0.1, 0.15) is 0 Å². The summed E-state index contributed by atoms with van der Waals surface area (Å²) in [6.07, 6.45) is 3.51. The minimum Gasteiger partial charge on any atom is -0.289 e. The second-order valence-corrected chi connectivity index (χ2v) is 3.76. The summed E-state index contributed by atoms with van der Waals surface area (Å²) in [5.41, 5.74) is 1.73. The fourth-order valence-electron chi connectivity index (χ4n) is 1.38. The Balaban J connectivity index is 2.95. The van der Waals surface area contributed by atoms with Crippen LogP contribution in [0.4, 0.5) is 0 Å². The Labute approximate surface area is 95.8 Å². The molecule has 0 atom stereocenters. The van der Waals surface area contributed by atoms with Gasteiger partial charge in [0, 0.05) is 5.56 Å². The molecule has 0 saturated carbocycles. The topological polar surface area (TPSA) is 17.1 Å². The molecular formula is C13H15ClO. The minimum absolute atomic E-state index is 0.000648. The molecule has 0 N–H and O–H groups in total. The van der Waals surface area contributed by atoms with E-state index in [0.717, 1.165) is 18.4 Å². The van der Waals surface area contributed by atoms with E-state index in [1.54, 1.807) is 18.2 Å². The number of ketones is 1. The molecule has 0 saturated heterocycles. The van der Waals surface area contributed by atoms with Gasteiger partial charge in [-0.2, -0.15) is 0 Å². The van der Waals surface area contributed by atoms with Crippen molar-refractivity contribution in [3.8, 4) is 0 Å². The Bertz CT molecular complexity index is 374. The van der Waals surface area contributed by atoms with Crippen LogP contribution in [0.2, 0.25) is 5.02 Å². The highest BCUT2D eigenvalue weighted by Crippen LogP contribution is 2.17. The minimum atomic E-state index is -0.000648. The van der Waals surface area contributed by atoms with E-state index >= 15 is 0 Å². The fraction of sp³-hybridized carbons (Fsp3) is 0.308. The average molecular weight is 223 g/mol. The van der Waals surface area contributed by atoms with Crippen LogP contribution >= 0.6 is 11.6 Å². The van der Waals surface area contributed by atoms with Gasteiger partial charge >= 0.3 is 0 Å². The lowest BCUT2D eigenvalue weighted by Gasteiger charge is -2.02. The predicted molar refractivity (Wildman–Crippen MR) is 64.4 cm³/mol. The second-order valence-electron chi connectivity index (χ2n) is 3.35. The lowest BCUT2D eigenvalue weighted by atomic mass is 10.0. The number of carbonyl (C=O) groups is 1. The van der Waals surface area contributed by atoms with Crippen LogP contribution in [0.15, 0.2) is 35.9 Å². The Morgan fingerprint density at radius 1 is 1.27 bits per heavy atom. The molecule has 1 rings (SSSR count). The van der Waals surface area contributed by atoms with Crippen LogP contribution < -0.4 is 0 Å². The lowest BCUT2D eigenvalue weighted by Crippen LogP contribution is -1.97. The van der Waals surface area contributed by atoms with Gasteiger partial charge in [-0.25, -0.2) is 0 Å². The van der Waals surface area contributed by atoms with Gasteiger partial charge in [0.05, 0.1) is 5.02 Å². The first kappa shape index (κ1) is 12.0. The van der Waals surface area contributed by atoms with E-state index in [1.165, 1.54) is 0 Å². The van der Waals surface area contributed by atoms with Crippen molar-refractivity contribution in [2.75, 3.05) is 0 Å². The summed E-state index contributed by atoms with van der Waals surface area (Å²) in [6, 6.07) is 7.14. The highest BCUT2D eigenvalue weighted by molar-refractivity contribution is 6.34. The van der Waals surface area contributed by atoms with Gasteiger partial charge in [0.2, 0.25) is 0 Å². The van der Waals surface area contributed by atoms with Crippen molar-refractivity contribution in [1.82, 2.24) is 0 Å². The standard InChI is InChI=1S/C13H15ClO/c1-3-10(4-2)9-13(15)11-7-5-6-8-12(11)14/h5-9H,3-4H2,1-2H3. The van der Waals surface area contributed by atoms with Crippen molar-refractivity contribution in [2.45, 2.75) is 26.7 Å². The Morgan fingerprint density at radius 2 is 1.87 bits per heavy atom. The van der Waals surface area contributed by atoms with Crippen LogP contribution in [0.3, 0.4) is 0 Å². The molecule has 1 nitrogen and oxygen atoms in total. The number of hydrogen-bond donors (Lipinski definition) is 0. The largest absolute Gasteiger partial charge is 0.289 e. The number of hydrogen-bond acceptors (Lipinski definition) is 1. The lowest BCUT2D eigenvalue weighted by molar-refractivity contribution is 0.104. The summed E-state index contributed by atoms with van der Waals surface area (Å²) >= 11 is 5.94. The van der Waals surface area contributed by atoms with Crippen molar-refractivity contribution < 1.29 is 4.79 Å². The Hall–Kier alpha value is -1.08. The number of halogens is 1. The molecule has 0 heterocycles. The predicted octanol–water partition coefficient (Wildman–Crippen LogP) is 4.27. The Kier molecular flexibility index (Phi) is 4.57. The van der Waals surface area contributed by atoms with Crippen LogP contribution in [0.1, 0.15) is 37.0 Å². The molecule has 0 amide bonds. The number of carbonyl (C=O) groups excluding carboxylic acids is 1. The maximum atomic E-state index is 11.8. The molecule has 15 heavy (non-hydrogen) atoms. The van der Waals surface area contributed by atoms with Crippen molar-refractivity contribution in [3.05, 3.63) is 46.5 Å². The normalized spacial score (nSPS) is 9.80. The van der Waals surface area contributed by atoms with Crippen molar-refractivity contribution >= 4 is 17.4 Å². The molecule has 0 unspecified atom stereocenters. The molecule has 80 valence electrons. The first-order valence-corrected chi connectivity index (χ1v) is 5.55. The quantitative estimate of drug-likeness (QED) is 0.549. The first-order chi connectivity index (χ1) is 7.19. The van der Waals surface area contributed by atoms with E-state index in [0.29, 0.717) is 10.6 Å². The van der Waals surface area contributed by atoms with E-state index in [-0.39, 0.29) is 5.78 Å². The van der Waals surface area contributed by atoms with Crippen LogP contribution in [0.25, 0.3) is 0 Å². The molecule has 0 spiro atoms.